The number of esters is 1. The number of hydrogen-bond donors (Lipinski definition) is 2. The third kappa shape index (κ3) is 5.37. The van der Waals surface area contributed by atoms with Crippen LogP contribution in [-0.4, -0.2) is 34.0 Å². The number of aromatic nitrogens is 2. The summed E-state index contributed by atoms with van der Waals surface area (Å²) in [6.07, 6.45) is 1.59. The normalized spacial score (nSPS) is 15.7. The van der Waals surface area contributed by atoms with Crippen molar-refractivity contribution in [2.24, 2.45) is 0 Å². The Labute approximate surface area is 204 Å². The molecule has 8 heteroatoms. The SMILES string of the molecule is CC1=C(C(=O)OC(C)C)[C@@H](c2cn(-c3ccccc3)nc2-c2ccc(OC(C)C)cc2)NC(=O)N1. The molecule has 1 atom stereocenters. The molecule has 8 nitrogen and oxygen atoms in total. The summed E-state index contributed by atoms with van der Waals surface area (Å²) in [5.41, 5.74) is 3.78. The quantitative estimate of drug-likeness (QED) is 0.475. The summed E-state index contributed by atoms with van der Waals surface area (Å²) in [6.45, 7) is 9.22. The molecule has 0 saturated heterocycles. The average molecular weight is 475 g/mol. The predicted molar refractivity (Wildman–Crippen MR) is 133 cm³/mol. The fraction of sp³-hybridized carbons (Fsp3) is 0.296. The summed E-state index contributed by atoms with van der Waals surface area (Å²) < 4.78 is 13.0. The molecule has 0 radical (unpaired) electrons. The number of carbonyl (C=O) groups excluding carboxylic acids is 2. The Morgan fingerprint density at radius 1 is 1.00 bits per heavy atom. The van der Waals surface area contributed by atoms with Crippen LogP contribution in [0.3, 0.4) is 0 Å². The van der Waals surface area contributed by atoms with Crippen molar-refractivity contribution in [2.45, 2.75) is 52.9 Å². The van der Waals surface area contributed by atoms with Crippen LogP contribution in [0, 0.1) is 0 Å². The standard InChI is InChI=1S/C27H30N4O4/c1-16(2)34-21-13-11-19(12-14-21)24-22(15-31(30-24)20-9-7-6-8-10-20)25-23(26(32)35-17(3)4)18(5)28-27(33)29-25/h6-17,25H,1-5H3,(H2,28,29,33)/t25-/m1/s1. The summed E-state index contributed by atoms with van der Waals surface area (Å²) >= 11 is 0. The molecule has 2 aromatic carbocycles. The van der Waals surface area contributed by atoms with Crippen molar-refractivity contribution in [1.82, 2.24) is 20.4 Å². The van der Waals surface area contributed by atoms with Gasteiger partial charge < -0.3 is 20.1 Å². The van der Waals surface area contributed by atoms with Crippen LogP contribution in [0.2, 0.25) is 0 Å². The fourth-order valence-electron chi connectivity index (χ4n) is 3.97. The molecule has 2 heterocycles. The molecule has 2 N–H and O–H groups in total. The second-order valence-electron chi connectivity index (χ2n) is 8.93. The number of nitrogens with one attached hydrogen (secondary N) is 2. The van der Waals surface area contributed by atoms with E-state index in [1.807, 2.05) is 74.6 Å². The summed E-state index contributed by atoms with van der Waals surface area (Å²) in [5, 5.41) is 10.4. The van der Waals surface area contributed by atoms with Crippen LogP contribution in [0.25, 0.3) is 16.9 Å². The molecular weight excluding hydrogens is 444 g/mol. The fourth-order valence-corrected chi connectivity index (χ4v) is 3.97. The highest BCUT2D eigenvalue weighted by atomic mass is 16.5. The maximum absolute atomic E-state index is 13.1. The number of rotatable bonds is 7. The number of para-hydroxylation sites is 1. The van der Waals surface area contributed by atoms with Gasteiger partial charge in [0.2, 0.25) is 0 Å². The van der Waals surface area contributed by atoms with Gasteiger partial charge in [-0.25, -0.2) is 14.3 Å². The van der Waals surface area contributed by atoms with Crippen molar-refractivity contribution in [3.63, 3.8) is 0 Å². The van der Waals surface area contributed by atoms with Crippen LogP contribution in [0.5, 0.6) is 5.75 Å². The van der Waals surface area contributed by atoms with E-state index in [-0.39, 0.29) is 12.2 Å². The molecule has 2 amide bonds. The molecule has 0 unspecified atom stereocenters. The Kier molecular flexibility index (Phi) is 6.91. The smallest absolute Gasteiger partial charge is 0.338 e. The van der Waals surface area contributed by atoms with E-state index in [2.05, 4.69) is 10.6 Å². The molecule has 0 aliphatic carbocycles. The van der Waals surface area contributed by atoms with Crippen LogP contribution < -0.4 is 15.4 Å². The molecule has 1 aromatic heterocycles. The van der Waals surface area contributed by atoms with Gasteiger partial charge in [-0.3, -0.25) is 0 Å². The Morgan fingerprint density at radius 2 is 1.69 bits per heavy atom. The van der Waals surface area contributed by atoms with Gasteiger partial charge in [-0.2, -0.15) is 5.10 Å². The van der Waals surface area contributed by atoms with Gasteiger partial charge in [0.05, 0.1) is 35.2 Å². The minimum absolute atomic E-state index is 0.0568. The molecule has 0 bridgehead atoms. The van der Waals surface area contributed by atoms with E-state index in [9.17, 15) is 9.59 Å². The van der Waals surface area contributed by atoms with Gasteiger partial charge in [0.15, 0.2) is 0 Å². The van der Waals surface area contributed by atoms with E-state index in [0.717, 1.165) is 17.0 Å². The Balaban J connectivity index is 1.84. The number of urea groups is 1. The van der Waals surface area contributed by atoms with E-state index in [1.54, 1.807) is 25.5 Å². The Hall–Kier alpha value is -4.07. The van der Waals surface area contributed by atoms with Gasteiger partial charge in [0.1, 0.15) is 5.75 Å². The van der Waals surface area contributed by atoms with Crippen LogP contribution in [0.1, 0.15) is 46.2 Å². The molecule has 1 aliphatic rings. The van der Waals surface area contributed by atoms with Gasteiger partial charge in [0, 0.05) is 23.0 Å². The van der Waals surface area contributed by atoms with E-state index in [1.165, 1.54) is 0 Å². The van der Waals surface area contributed by atoms with Crippen LogP contribution >= 0.6 is 0 Å². The number of amides is 2. The van der Waals surface area contributed by atoms with E-state index in [0.29, 0.717) is 22.5 Å². The second kappa shape index (κ2) is 10.0. The monoisotopic (exact) mass is 474 g/mol. The summed E-state index contributed by atoms with van der Waals surface area (Å²) in [5.74, 6) is 0.258. The topological polar surface area (TPSA) is 94.5 Å². The first-order valence-corrected chi connectivity index (χ1v) is 11.6. The molecule has 0 fully saturated rings. The molecule has 182 valence electrons. The Bertz CT molecular complexity index is 1240. The Morgan fingerprint density at radius 3 is 2.31 bits per heavy atom. The lowest BCUT2D eigenvalue weighted by molar-refractivity contribution is -0.143. The maximum Gasteiger partial charge on any atom is 0.338 e. The first kappa shape index (κ1) is 24.1. The number of allylic oxidation sites excluding steroid dienone is 1. The summed E-state index contributed by atoms with van der Waals surface area (Å²) in [4.78, 5) is 25.5. The van der Waals surface area contributed by atoms with Crippen LogP contribution in [-0.2, 0) is 9.53 Å². The highest BCUT2D eigenvalue weighted by Gasteiger charge is 2.35. The zero-order valence-electron chi connectivity index (χ0n) is 20.5. The van der Waals surface area contributed by atoms with Gasteiger partial charge in [-0.1, -0.05) is 18.2 Å². The zero-order chi connectivity index (χ0) is 25.1. The van der Waals surface area contributed by atoms with E-state index in [4.69, 9.17) is 14.6 Å². The van der Waals surface area contributed by atoms with E-state index >= 15 is 0 Å². The van der Waals surface area contributed by atoms with Crippen molar-refractivity contribution in [1.29, 1.82) is 0 Å². The average Bonchev–Trinajstić information content (AvgIpc) is 3.24. The minimum atomic E-state index is -0.742. The van der Waals surface area contributed by atoms with E-state index < -0.39 is 18.0 Å². The number of hydrogen-bond acceptors (Lipinski definition) is 5. The number of ether oxygens (including phenoxy) is 2. The van der Waals surface area contributed by atoms with Gasteiger partial charge in [-0.15, -0.1) is 0 Å². The zero-order valence-corrected chi connectivity index (χ0v) is 20.5. The number of benzene rings is 2. The lowest BCUT2D eigenvalue weighted by Crippen LogP contribution is -2.45. The molecule has 0 spiro atoms. The largest absolute Gasteiger partial charge is 0.491 e. The highest BCUT2D eigenvalue weighted by Crippen LogP contribution is 2.35. The lowest BCUT2D eigenvalue weighted by atomic mass is 9.93. The van der Waals surface area contributed by atoms with Crippen molar-refractivity contribution >= 4 is 12.0 Å². The highest BCUT2D eigenvalue weighted by molar-refractivity contribution is 5.95. The first-order valence-electron chi connectivity index (χ1n) is 11.6. The summed E-state index contributed by atoms with van der Waals surface area (Å²) in [6, 6.07) is 16.1. The van der Waals surface area contributed by atoms with Gasteiger partial charge in [0.25, 0.3) is 0 Å². The number of nitrogens with zero attached hydrogens (tertiary/aromatic N) is 2. The molecular formula is C27H30N4O4. The predicted octanol–water partition coefficient (Wildman–Crippen LogP) is 4.91. The molecule has 4 rings (SSSR count). The third-order valence-electron chi connectivity index (χ3n) is 5.41. The molecule has 1 aliphatic heterocycles. The second-order valence-corrected chi connectivity index (χ2v) is 8.93. The van der Waals surface area contributed by atoms with Gasteiger partial charge in [-0.05, 0) is 71.0 Å². The lowest BCUT2D eigenvalue weighted by Gasteiger charge is -2.28. The molecule has 3 aromatic rings. The van der Waals surface area contributed by atoms with Crippen molar-refractivity contribution in [3.8, 4) is 22.7 Å². The third-order valence-corrected chi connectivity index (χ3v) is 5.41. The van der Waals surface area contributed by atoms with Crippen molar-refractivity contribution < 1.29 is 19.1 Å². The maximum atomic E-state index is 13.1. The van der Waals surface area contributed by atoms with Crippen LogP contribution in [0.15, 0.2) is 72.1 Å². The van der Waals surface area contributed by atoms with Crippen molar-refractivity contribution in [2.75, 3.05) is 0 Å². The summed E-state index contributed by atoms with van der Waals surface area (Å²) in [7, 11) is 0. The van der Waals surface area contributed by atoms with Crippen molar-refractivity contribution in [3.05, 3.63) is 77.6 Å². The van der Waals surface area contributed by atoms with Crippen LogP contribution in [0.4, 0.5) is 4.79 Å². The molecule has 0 saturated carbocycles. The van der Waals surface area contributed by atoms with Gasteiger partial charge >= 0.3 is 12.0 Å². The number of carbonyl (C=O) groups is 2. The first-order chi connectivity index (χ1) is 16.7. The molecule has 35 heavy (non-hydrogen) atoms. The minimum Gasteiger partial charge on any atom is -0.491 e.